The Hall–Kier alpha value is -2.41. The van der Waals surface area contributed by atoms with Crippen LogP contribution >= 0.6 is 11.3 Å². The van der Waals surface area contributed by atoms with Gasteiger partial charge in [0.15, 0.2) is 6.61 Å². The van der Waals surface area contributed by atoms with Crippen molar-refractivity contribution in [1.29, 1.82) is 0 Å². The summed E-state index contributed by atoms with van der Waals surface area (Å²) in [6.07, 6.45) is 0. The van der Waals surface area contributed by atoms with Crippen molar-refractivity contribution in [3.63, 3.8) is 0 Å². The molecule has 2 aromatic heterocycles. The van der Waals surface area contributed by atoms with E-state index in [0.29, 0.717) is 28.8 Å². The molecule has 1 aromatic carbocycles. The van der Waals surface area contributed by atoms with Gasteiger partial charge in [0.25, 0.3) is 5.89 Å². The number of nitrogen functional groups attached to an aromatic ring is 1. The molecule has 3 rings (SSSR count). The van der Waals surface area contributed by atoms with Gasteiger partial charge in [0.2, 0.25) is 5.82 Å². The van der Waals surface area contributed by atoms with Crippen LogP contribution in [0.1, 0.15) is 5.89 Å². The third kappa shape index (κ3) is 2.71. The van der Waals surface area contributed by atoms with Crippen molar-refractivity contribution in [3.05, 3.63) is 41.0 Å². The first-order valence-corrected chi connectivity index (χ1v) is 6.45. The number of anilines is 1. The SMILES string of the molecule is Nc1ccc(OCc2nc(-c3cscn3)no2)cc1. The molecular weight excluding hydrogens is 264 g/mol. The van der Waals surface area contributed by atoms with E-state index >= 15 is 0 Å². The summed E-state index contributed by atoms with van der Waals surface area (Å²) in [5.74, 6) is 1.57. The first-order valence-electron chi connectivity index (χ1n) is 5.51. The lowest BCUT2D eigenvalue weighted by molar-refractivity contribution is 0.243. The van der Waals surface area contributed by atoms with Crippen LogP contribution in [0.2, 0.25) is 0 Å². The molecule has 96 valence electrons. The second-order valence-corrected chi connectivity index (χ2v) is 4.46. The molecule has 0 saturated carbocycles. The van der Waals surface area contributed by atoms with E-state index in [0.717, 1.165) is 0 Å². The minimum Gasteiger partial charge on any atom is -0.484 e. The average molecular weight is 274 g/mol. The largest absolute Gasteiger partial charge is 0.484 e. The first-order chi connectivity index (χ1) is 9.31. The summed E-state index contributed by atoms with van der Waals surface area (Å²) in [6, 6.07) is 7.10. The zero-order chi connectivity index (χ0) is 13.1. The van der Waals surface area contributed by atoms with Crippen LogP contribution in [0.3, 0.4) is 0 Å². The summed E-state index contributed by atoms with van der Waals surface area (Å²) in [4.78, 5) is 8.31. The Morgan fingerprint density at radius 2 is 2.11 bits per heavy atom. The molecule has 0 fully saturated rings. The van der Waals surface area contributed by atoms with Crippen molar-refractivity contribution >= 4 is 17.0 Å². The van der Waals surface area contributed by atoms with Gasteiger partial charge in [0.1, 0.15) is 11.4 Å². The molecule has 0 unspecified atom stereocenters. The maximum absolute atomic E-state index is 5.59. The van der Waals surface area contributed by atoms with E-state index in [1.54, 1.807) is 29.8 Å². The molecule has 0 aliphatic rings. The van der Waals surface area contributed by atoms with Crippen molar-refractivity contribution in [2.45, 2.75) is 6.61 Å². The van der Waals surface area contributed by atoms with Gasteiger partial charge in [0.05, 0.1) is 5.51 Å². The average Bonchev–Trinajstić information content (AvgIpc) is 3.09. The van der Waals surface area contributed by atoms with E-state index in [1.807, 2.05) is 5.38 Å². The molecule has 2 heterocycles. The summed E-state index contributed by atoms with van der Waals surface area (Å²) in [5.41, 5.74) is 8.70. The zero-order valence-electron chi connectivity index (χ0n) is 9.81. The van der Waals surface area contributed by atoms with E-state index in [1.165, 1.54) is 11.3 Å². The van der Waals surface area contributed by atoms with Crippen LogP contribution < -0.4 is 10.5 Å². The van der Waals surface area contributed by atoms with Crippen molar-refractivity contribution in [2.24, 2.45) is 0 Å². The van der Waals surface area contributed by atoms with Crippen LogP contribution in [-0.2, 0) is 6.61 Å². The lowest BCUT2D eigenvalue weighted by Crippen LogP contribution is -1.96. The van der Waals surface area contributed by atoms with Gasteiger partial charge in [0, 0.05) is 11.1 Å². The Morgan fingerprint density at radius 1 is 1.26 bits per heavy atom. The molecule has 3 aromatic rings. The number of hydrogen-bond donors (Lipinski definition) is 1. The van der Waals surface area contributed by atoms with Gasteiger partial charge < -0.3 is 15.0 Å². The number of aromatic nitrogens is 3. The monoisotopic (exact) mass is 274 g/mol. The Labute approximate surface area is 112 Å². The van der Waals surface area contributed by atoms with Crippen molar-refractivity contribution < 1.29 is 9.26 Å². The quantitative estimate of drug-likeness (QED) is 0.735. The fourth-order valence-electron chi connectivity index (χ4n) is 1.45. The molecule has 0 saturated heterocycles. The summed E-state index contributed by atoms with van der Waals surface area (Å²) in [5, 5.41) is 5.70. The highest BCUT2D eigenvalue weighted by molar-refractivity contribution is 7.07. The number of rotatable bonds is 4. The van der Waals surface area contributed by atoms with Crippen LogP contribution in [0.5, 0.6) is 5.75 Å². The van der Waals surface area contributed by atoms with Gasteiger partial charge in [-0.1, -0.05) is 5.16 Å². The third-order valence-corrected chi connectivity index (χ3v) is 2.96. The molecule has 0 aliphatic heterocycles. The normalized spacial score (nSPS) is 10.5. The molecule has 0 radical (unpaired) electrons. The first kappa shape index (κ1) is 11.7. The van der Waals surface area contributed by atoms with Gasteiger partial charge in [-0.2, -0.15) is 4.98 Å². The van der Waals surface area contributed by atoms with Crippen LogP contribution in [0, 0.1) is 0 Å². The minimum absolute atomic E-state index is 0.209. The number of ether oxygens (including phenoxy) is 1. The predicted octanol–water partition coefficient (Wildman–Crippen LogP) is 2.35. The maximum atomic E-state index is 5.59. The molecule has 0 aliphatic carbocycles. The van der Waals surface area contributed by atoms with Gasteiger partial charge in [-0.15, -0.1) is 11.3 Å². The topological polar surface area (TPSA) is 87.1 Å². The molecule has 7 heteroatoms. The third-order valence-electron chi connectivity index (χ3n) is 2.37. The molecule has 19 heavy (non-hydrogen) atoms. The second-order valence-electron chi connectivity index (χ2n) is 3.74. The molecule has 0 spiro atoms. The molecule has 6 nitrogen and oxygen atoms in total. The van der Waals surface area contributed by atoms with Gasteiger partial charge >= 0.3 is 0 Å². The van der Waals surface area contributed by atoms with E-state index < -0.39 is 0 Å². The van der Waals surface area contributed by atoms with E-state index in [-0.39, 0.29) is 6.61 Å². The Bertz CT molecular complexity index is 649. The Balaban J connectivity index is 1.66. The van der Waals surface area contributed by atoms with Crippen molar-refractivity contribution in [3.8, 4) is 17.3 Å². The lowest BCUT2D eigenvalue weighted by atomic mass is 10.3. The highest BCUT2D eigenvalue weighted by Gasteiger charge is 2.10. The van der Waals surface area contributed by atoms with Crippen molar-refractivity contribution in [2.75, 3.05) is 5.73 Å². The van der Waals surface area contributed by atoms with Crippen LogP contribution in [-0.4, -0.2) is 15.1 Å². The Kier molecular flexibility index (Phi) is 3.11. The van der Waals surface area contributed by atoms with E-state index in [2.05, 4.69) is 15.1 Å². The fraction of sp³-hybridized carbons (Fsp3) is 0.0833. The lowest BCUT2D eigenvalue weighted by Gasteiger charge is -2.02. The number of thiazole rings is 1. The van der Waals surface area contributed by atoms with Crippen LogP contribution in [0.15, 0.2) is 39.7 Å². The minimum atomic E-state index is 0.209. The number of nitrogens with zero attached hydrogens (tertiary/aromatic N) is 3. The number of benzene rings is 1. The summed E-state index contributed by atoms with van der Waals surface area (Å²) >= 11 is 1.48. The standard InChI is InChI=1S/C12H10N4O2S/c13-8-1-3-9(4-2-8)17-5-11-15-12(16-18-11)10-6-19-7-14-10/h1-4,6-7H,5,13H2. The van der Waals surface area contributed by atoms with Crippen molar-refractivity contribution in [1.82, 2.24) is 15.1 Å². The zero-order valence-corrected chi connectivity index (χ0v) is 10.6. The van der Waals surface area contributed by atoms with Crippen LogP contribution in [0.4, 0.5) is 5.69 Å². The Morgan fingerprint density at radius 3 is 2.84 bits per heavy atom. The number of hydrogen-bond acceptors (Lipinski definition) is 7. The number of nitrogens with two attached hydrogens (primary N) is 1. The molecule has 2 N–H and O–H groups in total. The van der Waals surface area contributed by atoms with Gasteiger partial charge in [-0.25, -0.2) is 4.98 Å². The molecular formula is C12H10N4O2S. The van der Waals surface area contributed by atoms with Gasteiger partial charge in [-0.05, 0) is 24.3 Å². The summed E-state index contributed by atoms with van der Waals surface area (Å²) < 4.78 is 10.6. The highest BCUT2D eigenvalue weighted by atomic mass is 32.1. The smallest absolute Gasteiger partial charge is 0.264 e. The fourth-order valence-corrected chi connectivity index (χ4v) is 1.98. The van der Waals surface area contributed by atoms with Crippen LogP contribution in [0.25, 0.3) is 11.5 Å². The van der Waals surface area contributed by atoms with E-state index in [9.17, 15) is 0 Å². The van der Waals surface area contributed by atoms with E-state index in [4.69, 9.17) is 15.0 Å². The highest BCUT2D eigenvalue weighted by Crippen LogP contribution is 2.17. The van der Waals surface area contributed by atoms with Gasteiger partial charge in [-0.3, -0.25) is 0 Å². The maximum Gasteiger partial charge on any atom is 0.264 e. The molecule has 0 bridgehead atoms. The summed E-state index contributed by atoms with van der Waals surface area (Å²) in [7, 11) is 0. The summed E-state index contributed by atoms with van der Waals surface area (Å²) in [6.45, 7) is 0.209. The molecule has 0 amide bonds. The predicted molar refractivity (Wildman–Crippen MR) is 70.6 cm³/mol. The second kappa shape index (κ2) is 5.07. The molecule has 0 atom stereocenters.